The minimum Gasteiger partial charge on any atom is -0.316 e. The van der Waals surface area contributed by atoms with E-state index in [2.05, 4.69) is 28.8 Å². The smallest absolute Gasteiger partial charge is 0.212 e. The maximum absolute atomic E-state index is 11.7. The van der Waals surface area contributed by atoms with E-state index >= 15 is 0 Å². The SMILES string of the molecule is CCCNCCS(=O)(=O)NCC(C)N1CCCC1. The zero-order chi connectivity index (χ0) is 13.4. The summed E-state index contributed by atoms with van der Waals surface area (Å²) in [5, 5.41) is 3.10. The third kappa shape index (κ3) is 6.13. The highest BCUT2D eigenvalue weighted by Crippen LogP contribution is 2.10. The number of rotatable bonds is 9. The molecule has 1 saturated heterocycles. The lowest BCUT2D eigenvalue weighted by Gasteiger charge is -2.23. The number of sulfonamides is 1. The van der Waals surface area contributed by atoms with Crippen LogP contribution in [-0.4, -0.2) is 57.8 Å². The van der Waals surface area contributed by atoms with Gasteiger partial charge in [0.15, 0.2) is 0 Å². The highest BCUT2D eigenvalue weighted by Gasteiger charge is 2.19. The van der Waals surface area contributed by atoms with E-state index in [-0.39, 0.29) is 5.75 Å². The molecule has 0 spiro atoms. The first-order valence-corrected chi connectivity index (χ1v) is 8.62. The summed E-state index contributed by atoms with van der Waals surface area (Å²) in [6.45, 7) is 8.28. The Kier molecular flexibility index (Phi) is 7.14. The summed E-state index contributed by atoms with van der Waals surface area (Å²) in [6.07, 6.45) is 3.50. The van der Waals surface area contributed by atoms with Crippen LogP contribution in [0.5, 0.6) is 0 Å². The molecule has 1 fully saturated rings. The predicted octanol–water partition coefficient (Wildman–Crippen LogP) is 0.390. The molecule has 1 rings (SSSR count). The van der Waals surface area contributed by atoms with E-state index in [4.69, 9.17) is 0 Å². The molecule has 5 nitrogen and oxygen atoms in total. The van der Waals surface area contributed by atoms with Gasteiger partial charge in [-0.2, -0.15) is 0 Å². The zero-order valence-electron chi connectivity index (χ0n) is 11.6. The molecule has 0 radical (unpaired) electrons. The zero-order valence-corrected chi connectivity index (χ0v) is 12.4. The number of hydrogen-bond acceptors (Lipinski definition) is 4. The molecule has 108 valence electrons. The van der Waals surface area contributed by atoms with Gasteiger partial charge in [-0.1, -0.05) is 6.92 Å². The molecule has 1 heterocycles. The molecule has 1 aliphatic rings. The molecule has 0 amide bonds. The summed E-state index contributed by atoms with van der Waals surface area (Å²) in [5.41, 5.74) is 0. The van der Waals surface area contributed by atoms with Crippen LogP contribution in [0, 0.1) is 0 Å². The van der Waals surface area contributed by atoms with Gasteiger partial charge in [0, 0.05) is 19.1 Å². The van der Waals surface area contributed by atoms with Crippen molar-refractivity contribution in [2.24, 2.45) is 0 Å². The maximum atomic E-state index is 11.7. The van der Waals surface area contributed by atoms with Crippen LogP contribution in [0.25, 0.3) is 0 Å². The molecule has 0 aromatic carbocycles. The third-order valence-corrected chi connectivity index (χ3v) is 4.69. The molecule has 2 N–H and O–H groups in total. The number of hydrogen-bond donors (Lipinski definition) is 2. The second-order valence-electron chi connectivity index (χ2n) is 5.01. The summed E-state index contributed by atoms with van der Waals surface area (Å²) in [7, 11) is -3.13. The summed E-state index contributed by atoms with van der Waals surface area (Å²) in [6, 6.07) is 0.297. The van der Waals surface area contributed by atoms with Crippen molar-refractivity contribution in [1.29, 1.82) is 0 Å². The molecular weight excluding hydrogens is 250 g/mol. The topological polar surface area (TPSA) is 61.4 Å². The number of nitrogens with one attached hydrogen (secondary N) is 2. The largest absolute Gasteiger partial charge is 0.316 e. The summed E-state index contributed by atoms with van der Waals surface area (Å²) < 4.78 is 26.2. The van der Waals surface area contributed by atoms with Crippen molar-refractivity contribution in [2.45, 2.75) is 39.2 Å². The summed E-state index contributed by atoms with van der Waals surface area (Å²) >= 11 is 0. The molecule has 0 aliphatic carbocycles. The van der Waals surface area contributed by atoms with Gasteiger partial charge in [-0.05, 0) is 45.8 Å². The van der Waals surface area contributed by atoms with Crippen molar-refractivity contribution in [3.05, 3.63) is 0 Å². The normalized spacial score (nSPS) is 19.2. The van der Waals surface area contributed by atoms with E-state index in [1.54, 1.807) is 0 Å². The van der Waals surface area contributed by atoms with Gasteiger partial charge in [0.05, 0.1) is 5.75 Å². The maximum Gasteiger partial charge on any atom is 0.212 e. The van der Waals surface area contributed by atoms with Crippen LogP contribution in [0.4, 0.5) is 0 Å². The quantitative estimate of drug-likeness (QED) is 0.599. The van der Waals surface area contributed by atoms with Crippen molar-refractivity contribution < 1.29 is 8.42 Å². The average Bonchev–Trinajstić information content (AvgIpc) is 2.86. The molecule has 1 unspecified atom stereocenters. The van der Waals surface area contributed by atoms with E-state index in [9.17, 15) is 8.42 Å². The van der Waals surface area contributed by atoms with E-state index in [1.165, 1.54) is 12.8 Å². The Hall–Kier alpha value is -0.170. The van der Waals surface area contributed by atoms with Crippen LogP contribution < -0.4 is 10.0 Å². The highest BCUT2D eigenvalue weighted by atomic mass is 32.2. The molecule has 1 aliphatic heterocycles. The second-order valence-corrected chi connectivity index (χ2v) is 6.94. The van der Waals surface area contributed by atoms with Crippen molar-refractivity contribution in [2.75, 3.05) is 38.5 Å². The van der Waals surface area contributed by atoms with E-state index in [0.717, 1.165) is 26.1 Å². The Morgan fingerprint density at radius 1 is 1.22 bits per heavy atom. The van der Waals surface area contributed by atoms with Gasteiger partial charge in [-0.3, -0.25) is 4.90 Å². The van der Waals surface area contributed by atoms with Gasteiger partial charge in [0.25, 0.3) is 0 Å². The van der Waals surface area contributed by atoms with Gasteiger partial charge in [-0.25, -0.2) is 13.1 Å². The second kappa shape index (κ2) is 8.09. The monoisotopic (exact) mass is 277 g/mol. The summed E-state index contributed by atoms with van der Waals surface area (Å²) in [5.74, 6) is 0.166. The average molecular weight is 277 g/mol. The van der Waals surface area contributed by atoms with E-state index in [0.29, 0.717) is 19.1 Å². The number of likely N-dealkylation sites (tertiary alicyclic amines) is 1. The Bertz CT molecular complexity index is 313. The van der Waals surface area contributed by atoms with Gasteiger partial charge in [-0.15, -0.1) is 0 Å². The van der Waals surface area contributed by atoms with E-state index in [1.807, 2.05) is 0 Å². The third-order valence-electron chi connectivity index (χ3n) is 3.34. The molecule has 0 aromatic rings. The van der Waals surface area contributed by atoms with Crippen molar-refractivity contribution in [3.63, 3.8) is 0 Å². The highest BCUT2D eigenvalue weighted by molar-refractivity contribution is 7.89. The first-order chi connectivity index (χ1) is 8.55. The standard InChI is InChI=1S/C12H27N3O2S/c1-3-6-13-7-10-18(16,17)14-11-12(2)15-8-4-5-9-15/h12-14H,3-11H2,1-2H3. The van der Waals surface area contributed by atoms with Crippen LogP contribution in [0.1, 0.15) is 33.1 Å². The van der Waals surface area contributed by atoms with Gasteiger partial charge < -0.3 is 5.32 Å². The van der Waals surface area contributed by atoms with Crippen LogP contribution in [0.15, 0.2) is 0 Å². The Labute approximate surface area is 111 Å². The van der Waals surface area contributed by atoms with Crippen molar-refractivity contribution in [3.8, 4) is 0 Å². The lowest BCUT2D eigenvalue weighted by atomic mass is 10.3. The Morgan fingerprint density at radius 3 is 2.50 bits per heavy atom. The molecule has 0 bridgehead atoms. The predicted molar refractivity (Wildman–Crippen MR) is 75.2 cm³/mol. The van der Waals surface area contributed by atoms with Crippen LogP contribution >= 0.6 is 0 Å². The molecule has 18 heavy (non-hydrogen) atoms. The molecule has 0 aromatic heterocycles. The molecule has 6 heteroatoms. The molecule has 0 saturated carbocycles. The van der Waals surface area contributed by atoms with Crippen LogP contribution in [-0.2, 0) is 10.0 Å². The number of nitrogens with zero attached hydrogens (tertiary/aromatic N) is 1. The molecular formula is C12H27N3O2S. The minimum absolute atomic E-state index is 0.166. The van der Waals surface area contributed by atoms with Gasteiger partial charge >= 0.3 is 0 Å². The Balaban J connectivity index is 2.19. The fourth-order valence-electron chi connectivity index (χ4n) is 2.14. The minimum atomic E-state index is -3.13. The fourth-order valence-corrected chi connectivity index (χ4v) is 3.19. The first kappa shape index (κ1) is 15.9. The molecule has 1 atom stereocenters. The van der Waals surface area contributed by atoms with Gasteiger partial charge in [0.2, 0.25) is 10.0 Å². The lowest BCUT2D eigenvalue weighted by Crippen LogP contribution is -2.42. The van der Waals surface area contributed by atoms with Gasteiger partial charge in [0.1, 0.15) is 0 Å². The van der Waals surface area contributed by atoms with Crippen LogP contribution in [0.2, 0.25) is 0 Å². The van der Waals surface area contributed by atoms with E-state index < -0.39 is 10.0 Å². The fraction of sp³-hybridized carbons (Fsp3) is 1.00. The Morgan fingerprint density at radius 2 is 1.89 bits per heavy atom. The first-order valence-electron chi connectivity index (χ1n) is 6.97. The lowest BCUT2D eigenvalue weighted by molar-refractivity contribution is 0.260. The van der Waals surface area contributed by atoms with Crippen molar-refractivity contribution in [1.82, 2.24) is 14.9 Å². The summed E-state index contributed by atoms with van der Waals surface area (Å²) in [4.78, 5) is 2.35. The van der Waals surface area contributed by atoms with Crippen LogP contribution in [0.3, 0.4) is 0 Å². The van der Waals surface area contributed by atoms with Crippen molar-refractivity contribution >= 4 is 10.0 Å².